The number of hydrogen-bond acceptors (Lipinski definition) is 2. The van der Waals surface area contributed by atoms with Gasteiger partial charge < -0.3 is 10.8 Å². The molecule has 3 N–H and O–H groups in total. The fourth-order valence-corrected chi connectivity index (χ4v) is 0.660. The molecule has 0 aliphatic carbocycles. The molecule has 0 bridgehead atoms. The second kappa shape index (κ2) is 3.85. The van der Waals surface area contributed by atoms with Crippen LogP contribution in [0.15, 0.2) is 0 Å². The summed E-state index contributed by atoms with van der Waals surface area (Å²) in [5.74, 6) is 0. The van der Waals surface area contributed by atoms with Crippen molar-refractivity contribution >= 4 is 0 Å². The lowest BCUT2D eigenvalue weighted by Crippen LogP contribution is -2.23. The van der Waals surface area contributed by atoms with Gasteiger partial charge in [0.2, 0.25) is 0 Å². The highest BCUT2D eigenvalue weighted by molar-refractivity contribution is 4.69. The predicted octanol–water partition coefficient (Wildman–Crippen LogP) is 0.886. The highest BCUT2D eigenvalue weighted by Crippen LogP contribution is 2.14. The van der Waals surface area contributed by atoms with Crippen LogP contribution in [0.1, 0.15) is 33.1 Å². The van der Waals surface area contributed by atoms with Crippen LogP contribution in [0.4, 0.5) is 0 Å². The molecule has 0 aromatic carbocycles. The Labute approximate surface area is 57.1 Å². The second-order valence-corrected chi connectivity index (χ2v) is 2.74. The van der Waals surface area contributed by atoms with Gasteiger partial charge in [0, 0.05) is 0 Å². The molecule has 0 radical (unpaired) electrons. The number of hydrogen-bond donors (Lipinski definition) is 2. The summed E-state index contributed by atoms with van der Waals surface area (Å²) >= 11 is 0. The first-order valence-electron chi connectivity index (χ1n) is 3.55. The molecule has 0 fully saturated rings. The summed E-state index contributed by atoms with van der Waals surface area (Å²) in [6, 6.07) is 0. The molecule has 1 atom stereocenters. The van der Waals surface area contributed by atoms with Crippen LogP contribution < -0.4 is 5.73 Å². The van der Waals surface area contributed by atoms with E-state index in [-0.39, 0.29) is 0 Å². The molecule has 2 nitrogen and oxygen atoms in total. The van der Waals surface area contributed by atoms with Crippen LogP contribution in [-0.4, -0.2) is 17.3 Å². The minimum absolute atomic E-state index is 0.487. The Balaban J connectivity index is 3.33. The van der Waals surface area contributed by atoms with Crippen molar-refractivity contribution in [1.29, 1.82) is 0 Å². The zero-order valence-electron chi connectivity index (χ0n) is 6.35. The standard InChI is InChI=1S/C7H17NO/c1-3-7(2,9)5-4-6-8/h9H,3-6,8H2,1-2H3. The van der Waals surface area contributed by atoms with Gasteiger partial charge in [-0.15, -0.1) is 0 Å². The fraction of sp³-hybridized carbons (Fsp3) is 1.00. The van der Waals surface area contributed by atoms with Crippen LogP contribution in [-0.2, 0) is 0 Å². The van der Waals surface area contributed by atoms with Crippen molar-refractivity contribution in [2.24, 2.45) is 5.73 Å². The molecule has 0 aromatic heterocycles. The molecule has 0 aliphatic rings. The summed E-state index contributed by atoms with van der Waals surface area (Å²) in [6.45, 7) is 4.51. The molecular formula is C7H17NO. The molecule has 0 aliphatic heterocycles. The summed E-state index contributed by atoms with van der Waals surface area (Å²) in [4.78, 5) is 0. The maximum absolute atomic E-state index is 9.40. The third-order valence-electron chi connectivity index (χ3n) is 1.68. The van der Waals surface area contributed by atoms with E-state index in [1.54, 1.807) is 0 Å². The van der Waals surface area contributed by atoms with Crippen molar-refractivity contribution in [3.8, 4) is 0 Å². The summed E-state index contributed by atoms with van der Waals surface area (Å²) in [5.41, 5.74) is 4.79. The van der Waals surface area contributed by atoms with Crippen molar-refractivity contribution < 1.29 is 5.11 Å². The lowest BCUT2D eigenvalue weighted by molar-refractivity contribution is 0.0456. The normalized spacial score (nSPS) is 17.3. The molecule has 0 saturated carbocycles. The number of aliphatic hydroxyl groups is 1. The Morgan fingerprint density at radius 3 is 2.44 bits per heavy atom. The maximum Gasteiger partial charge on any atom is 0.0617 e. The van der Waals surface area contributed by atoms with Gasteiger partial charge in [-0.05, 0) is 32.7 Å². The van der Waals surface area contributed by atoms with Gasteiger partial charge in [-0.25, -0.2) is 0 Å². The average molecular weight is 131 g/mol. The molecule has 9 heavy (non-hydrogen) atoms. The van der Waals surface area contributed by atoms with Gasteiger partial charge in [0.15, 0.2) is 0 Å². The Morgan fingerprint density at radius 1 is 1.56 bits per heavy atom. The third-order valence-corrected chi connectivity index (χ3v) is 1.68. The molecule has 56 valence electrons. The zero-order valence-corrected chi connectivity index (χ0v) is 6.35. The molecule has 0 aromatic rings. The minimum atomic E-state index is -0.487. The molecule has 0 amide bonds. The van der Waals surface area contributed by atoms with Gasteiger partial charge in [-0.1, -0.05) is 6.92 Å². The maximum atomic E-state index is 9.40. The highest BCUT2D eigenvalue weighted by Gasteiger charge is 2.15. The summed E-state index contributed by atoms with van der Waals surface area (Å²) in [5, 5.41) is 9.40. The first kappa shape index (κ1) is 8.92. The van der Waals surface area contributed by atoms with Crippen molar-refractivity contribution in [3.05, 3.63) is 0 Å². The van der Waals surface area contributed by atoms with Gasteiger partial charge >= 0.3 is 0 Å². The SMILES string of the molecule is CCC(C)(O)CCCN. The Kier molecular flexibility index (Phi) is 3.82. The molecule has 0 heterocycles. The molecule has 0 saturated heterocycles. The summed E-state index contributed by atoms with van der Waals surface area (Å²) in [7, 11) is 0. The van der Waals surface area contributed by atoms with E-state index in [4.69, 9.17) is 5.73 Å². The van der Waals surface area contributed by atoms with E-state index in [0.717, 1.165) is 19.3 Å². The van der Waals surface area contributed by atoms with Gasteiger partial charge in [0.05, 0.1) is 5.60 Å². The molecule has 2 heteroatoms. The predicted molar refractivity (Wildman–Crippen MR) is 39.2 cm³/mol. The molecular weight excluding hydrogens is 114 g/mol. The van der Waals surface area contributed by atoms with Gasteiger partial charge in [0.1, 0.15) is 0 Å². The Morgan fingerprint density at radius 2 is 2.11 bits per heavy atom. The van der Waals surface area contributed by atoms with Crippen LogP contribution in [0.5, 0.6) is 0 Å². The van der Waals surface area contributed by atoms with E-state index in [0.29, 0.717) is 6.54 Å². The lowest BCUT2D eigenvalue weighted by Gasteiger charge is -2.20. The molecule has 0 spiro atoms. The van der Waals surface area contributed by atoms with Gasteiger partial charge in [-0.2, -0.15) is 0 Å². The zero-order chi connectivity index (χ0) is 7.33. The van der Waals surface area contributed by atoms with Crippen molar-refractivity contribution in [3.63, 3.8) is 0 Å². The largest absolute Gasteiger partial charge is 0.390 e. The van der Waals surface area contributed by atoms with E-state index in [1.165, 1.54) is 0 Å². The number of nitrogens with two attached hydrogens (primary N) is 1. The third kappa shape index (κ3) is 4.43. The van der Waals surface area contributed by atoms with Crippen LogP contribution in [0, 0.1) is 0 Å². The average Bonchev–Trinajstić information content (AvgIpc) is 1.84. The summed E-state index contributed by atoms with van der Waals surface area (Å²) in [6.07, 6.45) is 2.55. The summed E-state index contributed by atoms with van der Waals surface area (Å²) < 4.78 is 0. The van der Waals surface area contributed by atoms with Crippen LogP contribution in [0.3, 0.4) is 0 Å². The van der Waals surface area contributed by atoms with E-state index in [9.17, 15) is 5.11 Å². The fourth-order valence-electron chi connectivity index (χ4n) is 0.660. The van der Waals surface area contributed by atoms with E-state index < -0.39 is 5.60 Å². The van der Waals surface area contributed by atoms with E-state index >= 15 is 0 Å². The van der Waals surface area contributed by atoms with E-state index in [1.807, 2.05) is 13.8 Å². The van der Waals surface area contributed by atoms with E-state index in [2.05, 4.69) is 0 Å². The molecule has 0 rings (SSSR count). The smallest absolute Gasteiger partial charge is 0.0617 e. The molecule has 1 unspecified atom stereocenters. The Hall–Kier alpha value is -0.0800. The van der Waals surface area contributed by atoms with Crippen LogP contribution in [0.2, 0.25) is 0 Å². The van der Waals surface area contributed by atoms with Crippen LogP contribution >= 0.6 is 0 Å². The van der Waals surface area contributed by atoms with Crippen molar-refractivity contribution in [2.75, 3.05) is 6.54 Å². The Bertz CT molecular complexity index is 71.3. The highest BCUT2D eigenvalue weighted by atomic mass is 16.3. The monoisotopic (exact) mass is 131 g/mol. The first-order valence-corrected chi connectivity index (χ1v) is 3.55. The van der Waals surface area contributed by atoms with Crippen molar-refractivity contribution in [1.82, 2.24) is 0 Å². The van der Waals surface area contributed by atoms with Gasteiger partial charge in [0.25, 0.3) is 0 Å². The van der Waals surface area contributed by atoms with Gasteiger partial charge in [-0.3, -0.25) is 0 Å². The topological polar surface area (TPSA) is 46.2 Å². The van der Waals surface area contributed by atoms with Crippen LogP contribution in [0.25, 0.3) is 0 Å². The van der Waals surface area contributed by atoms with Crippen molar-refractivity contribution in [2.45, 2.75) is 38.7 Å². The second-order valence-electron chi connectivity index (χ2n) is 2.74. The first-order chi connectivity index (χ1) is 4.12. The minimum Gasteiger partial charge on any atom is -0.390 e. The number of rotatable bonds is 4. The quantitative estimate of drug-likeness (QED) is 0.595. The lowest BCUT2D eigenvalue weighted by atomic mass is 9.97.